The second-order valence-corrected chi connectivity index (χ2v) is 2.76. The first-order chi connectivity index (χ1) is 4.72. The average Bonchev–Trinajstić information content (AvgIpc) is 1.89. The van der Waals surface area contributed by atoms with Crippen LogP contribution in [0.5, 0.6) is 0 Å². The highest BCUT2D eigenvalue weighted by atomic mass is 32.2. The third-order valence-electron chi connectivity index (χ3n) is 0.988. The molecule has 0 aliphatic heterocycles. The van der Waals surface area contributed by atoms with Gasteiger partial charge >= 0.3 is 0 Å². The number of rotatable bonds is 5. The highest BCUT2D eigenvalue weighted by Gasteiger charge is 2.04. The van der Waals surface area contributed by atoms with Crippen LogP contribution in [0.25, 0.3) is 0 Å². The number of hydrogen-bond acceptors (Lipinski definition) is 3. The molecule has 0 N–H and O–H groups in total. The van der Waals surface area contributed by atoms with Gasteiger partial charge in [0, 0.05) is 12.7 Å². The molecular formula is C7H12O2S. The van der Waals surface area contributed by atoms with E-state index >= 15 is 0 Å². The topological polar surface area (TPSA) is 26.3 Å². The number of hydrogen-bond donors (Lipinski definition) is 0. The molecule has 0 heterocycles. The van der Waals surface area contributed by atoms with Gasteiger partial charge < -0.3 is 4.74 Å². The van der Waals surface area contributed by atoms with Crippen LogP contribution in [-0.4, -0.2) is 31.5 Å². The summed E-state index contributed by atoms with van der Waals surface area (Å²) in [5, 5.41) is 0. The Labute approximate surface area is 65.6 Å². The van der Waals surface area contributed by atoms with E-state index in [4.69, 9.17) is 4.74 Å². The van der Waals surface area contributed by atoms with E-state index in [0.29, 0.717) is 17.9 Å². The van der Waals surface area contributed by atoms with Gasteiger partial charge in [0.15, 0.2) is 5.78 Å². The summed E-state index contributed by atoms with van der Waals surface area (Å²) in [6.45, 7) is 3.92. The van der Waals surface area contributed by atoms with Crippen LogP contribution in [0, 0.1) is 0 Å². The Morgan fingerprint density at radius 2 is 2.30 bits per heavy atom. The smallest absolute Gasteiger partial charge is 0.170 e. The summed E-state index contributed by atoms with van der Waals surface area (Å²) >= 11 is 1.50. The molecule has 0 saturated heterocycles. The van der Waals surface area contributed by atoms with Gasteiger partial charge in [0.1, 0.15) is 0 Å². The Kier molecular flexibility index (Phi) is 5.35. The molecule has 0 aliphatic carbocycles. The van der Waals surface area contributed by atoms with Gasteiger partial charge in [-0.1, -0.05) is 6.58 Å². The highest BCUT2D eigenvalue weighted by Crippen LogP contribution is 1.99. The van der Waals surface area contributed by atoms with Crippen LogP contribution >= 0.6 is 11.8 Å². The summed E-state index contributed by atoms with van der Waals surface area (Å²) in [5.74, 6) is 0.580. The second-order valence-electron chi connectivity index (χ2n) is 1.89. The van der Waals surface area contributed by atoms with Crippen molar-refractivity contribution in [2.24, 2.45) is 0 Å². The van der Waals surface area contributed by atoms with E-state index in [9.17, 15) is 4.79 Å². The maximum absolute atomic E-state index is 10.9. The lowest BCUT2D eigenvalue weighted by molar-refractivity contribution is -0.113. The van der Waals surface area contributed by atoms with Crippen molar-refractivity contribution in [3.8, 4) is 0 Å². The molecule has 58 valence electrons. The average molecular weight is 160 g/mol. The predicted octanol–water partition coefficient (Wildman–Crippen LogP) is 1.12. The number of methoxy groups -OCH3 is 1. The molecule has 2 nitrogen and oxygen atoms in total. The van der Waals surface area contributed by atoms with Crippen LogP contribution in [0.4, 0.5) is 0 Å². The molecule has 3 heteroatoms. The number of thioether (sulfide) groups is 1. The molecule has 0 aliphatic rings. The predicted molar refractivity (Wildman–Crippen MR) is 44.4 cm³/mol. The first-order valence-corrected chi connectivity index (χ1v) is 4.30. The van der Waals surface area contributed by atoms with Crippen LogP contribution in [0.3, 0.4) is 0 Å². The van der Waals surface area contributed by atoms with Gasteiger partial charge in [0.05, 0.1) is 12.4 Å². The Balaban J connectivity index is 3.60. The molecule has 10 heavy (non-hydrogen) atoms. The van der Waals surface area contributed by atoms with Gasteiger partial charge in [-0.3, -0.25) is 4.79 Å². The van der Waals surface area contributed by atoms with Crippen LogP contribution in [0.1, 0.15) is 0 Å². The van der Waals surface area contributed by atoms with Gasteiger partial charge in [-0.2, -0.15) is 11.8 Å². The van der Waals surface area contributed by atoms with Crippen molar-refractivity contribution in [3.63, 3.8) is 0 Å². The standard InChI is InChI=1S/C7H12O2S/c1-6(4-9-2)7(8)5-10-3/h1,4-5H2,2-3H3. The highest BCUT2D eigenvalue weighted by molar-refractivity contribution is 7.99. The lowest BCUT2D eigenvalue weighted by Gasteiger charge is -2.00. The minimum Gasteiger partial charge on any atom is -0.380 e. The van der Waals surface area contributed by atoms with E-state index in [1.165, 1.54) is 11.8 Å². The van der Waals surface area contributed by atoms with E-state index in [-0.39, 0.29) is 5.78 Å². The fourth-order valence-electron chi connectivity index (χ4n) is 0.488. The van der Waals surface area contributed by atoms with Gasteiger partial charge in [-0.25, -0.2) is 0 Å². The minimum atomic E-state index is 0.0781. The van der Waals surface area contributed by atoms with E-state index in [1.54, 1.807) is 7.11 Å². The van der Waals surface area contributed by atoms with Crippen LogP contribution in [-0.2, 0) is 9.53 Å². The SMILES string of the molecule is C=C(COC)C(=O)CSC. The van der Waals surface area contributed by atoms with Crippen molar-refractivity contribution in [1.29, 1.82) is 0 Å². The molecule has 0 atom stereocenters. The lowest BCUT2D eigenvalue weighted by atomic mass is 10.2. The van der Waals surface area contributed by atoms with Crippen molar-refractivity contribution < 1.29 is 9.53 Å². The number of carbonyl (C=O) groups excluding carboxylic acids is 1. The fraction of sp³-hybridized carbons (Fsp3) is 0.571. The summed E-state index contributed by atoms with van der Waals surface area (Å²) in [5.41, 5.74) is 0.553. The minimum absolute atomic E-state index is 0.0781. The molecular weight excluding hydrogens is 148 g/mol. The Bertz CT molecular complexity index is 116. The van der Waals surface area contributed by atoms with E-state index in [2.05, 4.69) is 6.58 Å². The quantitative estimate of drug-likeness (QED) is 0.564. The molecule has 0 spiro atoms. The summed E-state index contributed by atoms with van der Waals surface area (Å²) < 4.78 is 4.74. The van der Waals surface area contributed by atoms with Crippen molar-refractivity contribution in [1.82, 2.24) is 0 Å². The van der Waals surface area contributed by atoms with Gasteiger partial charge in [-0.05, 0) is 6.26 Å². The number of ketones is 1. The number of Topliss-reactive ketones (excluding diaryl/α,β-unsaturated/α-hetero) is 1. The van der Waals surface area contributed by atoms with Gasteiger partial charge in [-0.15, -0.1) is 0 Å². The summed E-state index contributed by atoms with van der Waals surface area (Å²) in [6.07, 6.45) is 1.89. The summed E-state index contributed by atoms with van der Waals surface area (Å²) in [4.78, 5) is 10.9. The molecule has 0 aromatic rings. The molecule has 0 unspecified atom stereocenters. The lowest BCUT2D eigenvalue weighted by Crippen LogP contribution is -2.08. The number of ether oxygens (including phenoxy) is 1. The van der Waals surface area contributed by atoms with E-state index < -0.39 is 0 Å². The molecule has 0 radical (unpaired) electrons. The Morgan fingerprint density at radius 1 is 1.70 bits per heavy atom. The van der Waals surface area contributed by atoms with E-state index in [1.807, 2.05) is 6.26 Å². The number of carbonyl (C=O) groups is 1. The van der Waals surface area contributed by atoms with Gasteiger partial charge in [0.2, 0.25) is 0 Å². The monoisotopic (exact) mass is 160 g/mol. The van der Waals surface area contributed by atoms with E-state index in [0.717, 1.165) is 0 Å². The normalized spacial score (nSPS) is 9.40. The van der Waals surface area contributed by atoms with Crippen molar-refractivity contribution in [2.45, 2.75) is 0 Å². The Hall–Kier alpha value is -0.280. The molecule has 0 amide bonds. The first kappa shape index (κ1) is 9.72. The maximum atomic E-state index is 10.9. The van der Waals surface area contributed by atoms with Crippen molar-refractivity contribution in [3.05, 3.63) is 12.2 Å². The zero-order chi connectivity index (χ0) is 7.98. The van der Waals surface area contributed by atoms with Crippen LogP contribution < -0.4 is 0 Å². The molecule has 0 saturated carbocycles. The van der Waals surface area contributed by atoms with Crippen LogP contribution in [0.2, 0.25) is 0 Å². The molecule has 0 bridgehead atoms. The zero-order valence-corrected chi connectivity index (χ0v) is 7.16. The summed E-state index contributed by atoms with van der Waals surface area (Å²) in [6, 6.07) is 0. The zero-order valence-electron chi connectivity index (χ0n) is 6.35. The second kappa shape index (κ2) is 5.50. The fourth-order valence-corrected chi connectivity index (χ4v) is 0.954. The van der Waals surface area contributed by atoms with Crippen LogP contribution in [0.15, 0.2) is 12.2 Å². The Morgan fingerprint density at radius 3 is 2.70 bits per heavy atom. The third kappa shape index (κ3) is 3.69. The van der Waals surface area contributed by atoms with Crippen molar-refractivity contribution >= 4 is 17.5 Å². The first-order valence-electron chi connectivity index (χ1n) is 2.91. The molecule has 0 aromatic heterocycles. The molecule has 0 aromatic carbocycles. The van der Waals surface area contributed by atoms with Gasteiger partial charge in [0.25, 0.3) is 0 Å². The van der Waals surface area contributed by atoms with Crippen molar-refractivity contribution in [2.75, 3.05) is 25.7 Å². The third-order valence-corrected chi connectivity index (χ3v) is 1.54. The molecule has 0 fully saturated rings. The molecule has 0 rings (SSSR count). The maximum Gasteiger partial charge on any atom is 0.170 e. The largest absolute Gasteiger partial charge is 0.380 e. The summed E-state index contributed by atoms with van der Waals surface area (Å²) in [7, 11) is 1.55.